The molecule has 1 aromatic rings. The lowest BCUT2D eigenvalue weighted by molar-refractivity contribution is 0.167. The van der Waals surface area contributed by atoms with Crippen molar-refractivity contribution in [2.75, 3.05) is 12.0 Å². The van der Waals surface area contributed by atoms with Crippen LogP contribution in [0.25, 0.3) is 0 Å². The number of nitrogens with one attached hydrogen (secondary N) is 1. The zero-order valence-corrected chi connectivity index (χ0v) is 7.30. The Hall–Kier alpha value is -1.24. The number of nitrogens with zero attached hydrogens (tertiary/aromatic N) is 3. The lowest BCUT2D eigenvalue weighted by Crippen LogP contribution is -2.26. The van der Waals surface area contributed by atoms with Gasteiger partial charge in [-0.15, -0.1) is 4.73 Å². The normalized spacial score (nSPS) is 10.1. The van der Waals surface area contributed by atoms with Gasteiger partial charge in [0.1, 0.15) is 5.82 Å². The van der Waals surface area contributed by atoms with Gasteiger partial charge < -0.3 is 10.9 Å². The van der Waals surface area contributed by atoms with Gasteiger partial charge in [0, 0.05) is 0 Å². The van der Waals surface area contributed by atoms with Crippen molar-refractivity contribution in [1.82, 2.24) is 14.7 Å². The standard InChI is InChI=1S/C5H9N5OS/c1-12-2-3-8-4(6)10(11)5(7)9-3/h11H,2H2,1H3,(H3,6,7,8,9). The Morgan fingerprint density at radius 3 is 2.83 bits per heavy atom. The van der Waals surface area contributed by atoms with Crippen LogP contribution in [0.5, 0.6) is 0 Å². The van der Waals surface area contributed by atoms with Crippen LogP contribution in [-0.4, -0.2) is 26.2 Å². The molecule has 0 bridgehead atoms. The number of nitrogens with two attached hydrogens (primary N) is 1. The molecule has 1 heterocycles. The highest BCUT2D eigenvalue weighted by Gasteiger charge is 2.02. The van der Waals surface area contributed by atoms with Gasteiger partial charge in [0.2, 0.25) is 5.95 Å². The van der Waals surface area contributed by atoms with E-state index in [1.54, 1.807) is 0 Å². The van der Waals surface area contributed by atoms with Crippen LogP contribution < -0.4 is 11.4 Å². The summed E-state index contributed by atoms with van der Waals surface area (Å²) in [5.41, 5.74) is 4.98. The third-order valence-electron chi connectivity index (χ3n) is 1.17. The van der Waals surface area contributed by atoms with Gasteiger partial charge in [-0.3, -0.25) is 5.41 Å². The Kier molecular flexibility index (Phi) is 2.54. The second-order valence-electron chi connectivity index (χ2n) is 2.07. The van der Waals surface area contributed by atoms with Gasteiger partial charge >= 0.3 is 0 Å². The molecular formula is C5H9N5OS. The van der Waals surface area contributed by atoms with Crippen molar-refractivity contribution >= 4 is 17.7 Å². The summed E-state index contributed by atoms with van der Waals surface area (Å²) in [6, 6.07) is 0. The third kappa shape index (κ3) is 1.67. The van der Waals surface area contributed by atoms with Gasteiger partial charge in [0.25, 0.3) is 5.62 Å². The van der Waals surface area contributed by atoms with Crippen molar-refractivity contribution in [3.63, 3.8) is 0 Å². The first-order valence-electron chi connectivity index (χ1n) is 3.13. The molecule has 0 radical (unpaired) electrons. The zero-order valence-electron chi connectivity index (χ0n) is 6.48. The van der Waals surface area contributed by atoms with Crippen LogP contribution in [0.4, 0.5) is 5.95 Å². The molecule has 0 spiro atoms. The van der Waals surface area contributed by atoms with E-state index in [0.717, 1.165) is 0 Å². The molecule has 66 valence electrons. The zero-order chi connectivity index (χ0) is 9.14. The van der Waals surface area contributed by atoms with E-state index >= 15 is 0 Å². The largest absolute Gasteiger partial charge is 0.422 e. The van der Waals surface area contributed by atoms with Gasteiger partial charge in [-0.2, -0.15) is 21.7 Å². The molecule has 0 atom stereocenters. The lowest BCUT2D eigenvalue weighted by atomic mass is 10.7. The molecular weight excluding hydrogens is 178 g/mol. The van der Waals surface area contributed by atoms with Crippen LogP contribution in [0.3, 0.4) is 0 Å². The average molecular weight is 187 g/mol. The summed E-state index contributed by atoms with van der Waals surface area (Å²) in [6.45, 7) is 0. The first-order valence-corrected chi connectivity index (χ1v) is 4.52. The van der Waals surface area contributed by atoms with Crippen molar-refractivity contribution in [3.8, 4) is 0 Å². The lowest BCUT2D eigenvalue weighted by Gasteiger charge is -2.02. The SMILES string of the molecule is CSCc1nc(N)n(O)c(=N)n1. The van der Waals surface area contributed by atoms with Gasteiger partial charge in [0.15, 0.2) is 0 Å². The Labute approximate surface area is 72.9 Å². The van der Waals surface area contributed by atoms with Crippen LogP contribution in [0.15, 0.2) is 0 Å². The molecule has 0 aliphatic heterocycles. The number of thioether (sulfide) groups is 1. The smallest absolute Gasteiger partial charge is 0.261 e. The topological polar surface area (TPSA) is 101 Å². The minimum atomic E-state index is -0.299. The summed E-state index contributed by atoms with van der Waals surface area (Å²) in [6.07, 6.45) is 1.89. The van der Waals surface area contributed by atoms with E-state index < -0.39 is 0 Å². The van der Waals surface area contributed by atoms with E-state index in [9.17, 15) is 0 Å². The summed E-state index contributed by atoms with van der Waals surface area (Å²) < 4.78 is 0.434. The maximum absolute atomic E-state index is 8.97. The highest BCUT2D eigenvalue weighted by molar-refractivity contribution is 7.97. The monoisotopic (exact) mass is 187 g/mol. The second-order valence-corrected chi connectivity index (χ2v) is 2.93. The number of rotatable bonds is 2. The number of hydrogen-bond donors (Lipinski definition) is 3. The van der Waals surface area contributed by atoms with E-state index in [1.807, 2.05) is 6.26 Å². The highest BCUT2D eigenvalue weighted by Crippen LogP contribution is 2.02. The molecule has 4 N–H and O–H groups in total. The van der Waals surface area contributed by atoms with Gasteiger partial charge in [-0.1, -0.05) is 0 Å². The van der Waals surface area contributed by atoms with Crippen LogP contribution in [-0.2, 0) is 5.75 Å². The Balaban J connectivity index is 3.13. The molecule has 0 amide bonds. The Bertz CT molecular complexity index is 335. The van der Waals surface area contributed by atoms with Crippen molar-refractivity contribution in [2.24, 2.45) is 0 Å². The van der Waals surface area contributed by atoms with Crippen molar-refractivity contribution < 1.29 is 5.21 Å². The first kappa shape index (κ1) is 8.85. The fourth-order valence-corrected chi connectivity index (χ4v) is 1.06. The quantitative estimate of drug-likeness (QED) is 0.539. The molecule has 0 fully saturated rings. The van der Waals surface area contributed by atoms with E-state index in [-0.39, 0.29) is 11.6 Å². The molecule has 0 saturated heterocycles. The minimum absolute atomic E-state index is 0.112. The molecule has 6 nitrogen and oxygen atoms in total. The number of nitrogen functional groups attached to an aromatic ring is 1. The second kappa shape index (κ2) is 3.44. The fraction of sp³-hybridized carbons (Fsp3) is 0.400. The first-order chi connectivity index (χ1) is 5.65. The molecule has 12 heavy (non-hydrogen) atoms. The number of anilines is 1. The van der Waals surface area contributed by atoms with Gasteiger partial charge in [0.05, 0.1) is 5.75 Å². The Morgan fingerprint density at radius 1 is 1.67 bits per heavy atom. The van der Waals surface area contributed by atoms with Gasteiger partial charge in [-0.25, -0.2) is 0 Å². The van der Waals surface area contributed by atoms with Crippen LogP contribution in [0.1, 0.15) is 5.82 Å². The number of hydrogen-bond acceptors (Lipinski definition) is 6. The summed E-state index contributed by atoms with van der Waals surface area (Å²) >= 11 is 1.52. The van der Waals surface area contributed by atoms with E-state index in [1.165, 1.54) is 11.8 Å². The van der Waals surface area contributed by atoms with Crippen LogP contribution in [0.2, 0.25) is 0 Å². The average Bonchev–Trinajstić information content (AvgIpc) is 2.01. The predicted octanol–water partition coefficient (Wildman–Crippen LogP) is -0.560. The molecule has 0 unspecified atom stereocenters. The van der Waals surface area contributed by atoms with E-state index in [0.29, 0.717) is 16.3 Å². The molecule has 1 aromatic heterocycles. The molecule has 0 aliphatic rings. The third-order valence-corrected chi connectivity index (χ3v) is 1.72. The minimum Gasteiger partial charge on any atom is -0.422 e. The molecule has 7 heteroatoms. The highest BCUT2D eigenvalue weighted by atomic mass is 32.2. The summed E-state index contributed by atoms with van der Waals surface area (Å²) in [4.78, 5) is 7.45. The van der Waals surface area contributed by atoms with Crippen molar-refractivity contribution in [1.29, 1.82) is 5.41 Å². The molecule has 1 rings (SSSR count). The Morgan fingerprint density at radius 2 is 2.33 bits per heavy atom. The summed E-state index contributed by atoms with van der Waals surface area (Å²) in [5, 5.41) is 16.1. The van der Waals surface area contributed by atoms with Crippen molar-refractivity contribution in [3.05, 3.63) is 11.4 Å². The van der Waals surface area contributed by atoms with E-state index in [2.05, 4.69) is 9.97 Å². The molecule has 0 aromatic carbocycles. The van der Waals surface area contributed by atoms with Gasteiger partial charge in [-0.05, 0) is 6.26 Å². The predicted molar refractivity (Wildman–Crippen MR) is 44.7 cm³/mol. The maximum Gasteiger partial charge on any atom is 0.261 e. The summed E-state index contributed by atoms with van der Waals surface area (Å²) in [7, 11) is 0. The maximum atomic E-state index is 8.97. The molecule has 0 saturated carbocycles. The summed E-state index contributed by atoms with van der Waals surface area (Å²) in [5.74, 6) is 0.922. The molecule has 0 aliphatic carbocycles. The van der Waals surface area contributed by atoms with E-state index in [4.69, 9.17) is 16.4 Å². The van der Waals surface area contributed by atoms with Crippen LogP contribution in [0, 0.1) is 5.41 Å². The van der Waals surface area contributed by atoms with Crippen LogP contribution >= 0.6 is 11.8 Å². The van der Waals surface area contributed by atoms with Crippen molar-refractivity contribution in [2.45, 2.75) is 5.75 Å². The fourth-order valence-electron chi connectivity index (χ4n) is 0.676. The number of aromatic nitrogens is 3.